The van der Waals surface area contributed by atoms with E-state index in [1.165, 1.54) is 57.8 Å². The minimum absolute atomic E-state index is 0.170. The first kappa shape index (κ1) is 64.0. The van der Waals surface area contributed by atoms with Gasteiger partial charge in [0, 0.05) is 19.3 Å². The summed E-state index contributed by atoms with van der Waals surface area (Å²) in [5.74, 6) is -2.71. The fourth-order valence-corrected chi connectivity index (χ4v) is 8.71. The zero-order valence-corrected chi connectivity index (χ0v) is 42.9. The lowest BCUT2D eigenvalue weighted by Crippen LogP contribution is -2.69. The molecule has 4 unspecified atom stereocenters. The number of hydrogen-bond donors (Lipinski definition) is 6. The molecule has 4 atom stereocenters. The minimum Gasteiger partial charge on any atom is -0.393 e. The van der Waals surface area contributed by atoms with Crippen LogP contribution in [0, 0.1) is 0 Å². The molecule has 0 saturated heterocycles. The summed E-state index contributed by atoms with van der Waals surface area (Å²) < 4.78 is 0. The zero-order valence-electron chi connectivity index (χ0n) is 42.9. The average molecular weight is 933 g/mol. The van der Waals surface area contributed by atoms with Gasteiger partial charge >= 0.3 is 0 Å². The van der Waals surface area contributed by atoms with Crippen molar-refractivity contribution in [3.05, 3.63) is 36.5 Å². The lowest BCUT2D eigenvalue weighted by Gasteiger charge is -2.39. The molecule has 0 aromatic carbocycles. The molecule has 0 aromatic heterocycles. The number of rotatable bonds is 50. The summed E-state index contributed by atoms with van der Waals surface area (Å²) in [6.45, 7) is 5.34. The van der Waals surface area contributed by atoms with Crippen LogP contribution in [0.3, 0.4) is 0 Å². The monoisotopic (exact) mass is 933 g/mol. The van der Waals surface area contributed by atoms with Crippen LogP contribution in [0.2, 0.25) is 0 Å². The molecule has 0 aliphatic carbocycles. The highest BCUT2D eigenvalue weighted by Crippen LogP contribution is 2.32. The van der Waals surface area contributed by atoms with Crippen LogP contribution in [0.5, 0.6) is 0 Å². The summed E-state index contributed by atoms with van der Waals surface area (Å²) in [5, 5.41) is 65.1. The molecule has 0 aromatic rings. The van der Waals surface area contributed by atoms with Crippen LogP contribution in [-0.4, -0.2) is 84.1 Å². The van der Waals surface area contributed by atoms with Gasteiger partial charge in [0.15, 0.2) is 23.0 Å². The van der Waals surface area contributed by atoms with E-state index in [0.717, 1.165) is 116 Å². The molecule has 386 valence electrons. The number of aliphatic hydroxyl groups excluding tert-OH is 4. The Kier molecular flexibility index (Phi) is 42.9. The standard InChI is InChI=1S/C57H104O9/c1-4-7-10-13-22-31-40-50(59)43-34-25-16-19-28-37-46-53(62)56(65,49-58)57(66,54(63)47-38-29-20-17-26-35-44-51(60)41-32-23-14-11-8-5-2)55(64)48-39-30-21-18-27-36-45-52(61)42-33-24-15-12-9-6-3/h22-24,31-33,50-52,58-61,65-66H,4-21,25-30,34-49H2,1-3H3/b31-22-,32-23-,33-24-. The number of hydrogen-bond acceptors (Lipinski definition) is 9. The van der Waals surface area contributed by atoms with E-state index in [0.29, 0.717) is 57.8 Å². The van der Waals surface area contributed by atoms with Crippen molar-refractivity contribution in [3.8, 4) is 0 Å². The fraction of sp³-hybridized carbons (Fsp3) is 0.842. The molecule has 0 bridgehead atoms. The second-order valence-electron chi connectivity index (χ2n) is 19.5. The molecule has 0 radical (unpaired) electrons. The van der Waals surface area contributed by atoms with E-state index in [4.69, 9.17) is 0 Å². The first-order valence-corrected chi connectivity index (χ1v) is 27.6. The molecule has 0 aliphatic rings. The minimum atomic E-state index is -3.02. The summed E-state index contributed by atoms with van der Waals surface area (Å²) >= 11 is 0. The third-order valence-electron chi connectivity index (χ3n) is 13.3. The summed E-state index contributed by atoms with van der Waals surface area (Å²) in [5.41, 5.74) is -5.94. The largest absolute Gasteiger partial charge is 0.393 e. The molecular formula is C57H104O9. The number of aliphatic hydroxyl groups is 6. The second-order valence-corrected chi connectivity index (χ2v) is 19.5. The van der Waals surface area contributed by atoms with Crippen molar-refractivity contribution in [1.82, 2.24) is 0 Å². The third kappa shape index (κ3) is 31.9. The zero-order chi connectivity index (χ0) is 49.0. The van der Waals surface area contributed by atoms with E-state index in [9.17, 15) is 45.0 Å². The van der Waals surface area contributed by atoms with Gasteiger partial charge in [-0.3, -0.25) is 14.4 Å². The van der Waals surface area contributed by atoms with Gasteiger partial charge in [-0.25, -0.2) is 0 Å². The van der Waals surface area contributed by atoms with E-state index in [1.54, 1.807) is 0 Å². The van der Waals surface area contributed by atoms with Crippen LogP contribution in [0.1, 0.15) is 271 Å². The summed E-state index contributed by atoms with van der Waals surface area (Å²) in [7, 11) is 0. The molecular weight excluding hydrogens is 829 g/mol. The van der Waals surface area contributed by atoms with E-state index in [1.807, 2.05) is 0 Å². The van der Waals surface area contributed by atoms with Gasteiger partial charge in [0.1, 0.15) is 0 Å². The smallest absolute Gasteiger partial charge is 0.219 e. The van der Waals surface area contributed by atoms with Crippen LogP contribution < -0.4 is 0 Å². The second kappa shape index (κ2) is 44.2. The van der Waals surface area contributed by atoms with Crippen LogP contribution >= 0.6 is 0 Å². The van der Waals surface area contributed by atoms with E-state index < -0.39 is 35.2 Å². The summed E-state index contributed by atoms with van der Waals surface area (Å²) in [4.78, 5) is 41.3. The Bertz CT molecular complexity index is 1190. The summed E-state index contributed by atoms with van der Waals surface area (Å²) in [6, 6.07) is 0. The van der Waals surface area contributed by atoms with Crippen LogP contribution in [0.4, 0.5) is 0 Å². The Morgan fingerprint density at radius 2 is 0.652 bits per heavy atom. The molecule has 0 saturated carbocycles. The first-order valence-electron chi connectivity index (χ1n) is 27.6. The topological polar surface area (TPSA) is 173 Å². The van der Waals surface area contributed by atoms with Crippen LogP contribution in [0.25, 0.3) is 0 Å². The van der Waals surface area contributed by atoms with Crippen molar-refractivity contribution >= 4 is 17.3 Å². The average Bonchev–Trinajstić information content (AvgIpc) is 3.31. The molecule has 0 fully saturated rings. The lowest BCUT2D eigenvalue weighted by atomic mass is 9.71. The fourth-order valence-electron chi connectivity index (χ4n) is 8.71. The van der Waals surface area contributed by atoms with Gasteiger partial charge in [-0.15, -0.1) is 0 Å². The Balaban J connectivity index is 5.10. The van der Waals surface area contributed by atoms with Gasteiger partial charge in [0.25, 0.3) is 0 Å². The Hall–Kier alpha value is -2.01. The molecule has 66 heavy (non-hydrogen) atoms. The predicted octanol–water partition coefficient (Wildman–Crippen LogP) is 13.2. The third-order valence-corrected chi connectivity index (χ3v) is 13.3. The highest BCUT2D eigenvalue weighted by atomic mass is 16.4. The van der Waals surface area contributed by atoms with Gasteiger partial charge in [0.05, 0.1) is 24.9 Å². The van der Waals surface area contributed by atoms with Gasteiger partial charge < -0.3 is 30.6 Å². The van der Waals surface area contributed by atoms with Gasteiger partial charge in [-0.2, -0.15) is 0 Å². The predicted molar refractivity (Wildman–Crippen MR) is 275 cm³/mol. The maximum atomic E-state index is 13.8. The van der Waals surface area contributed by atoms with Crippen molar-refractivity contribution in [3.63, 3.8) is 0 Å². The highest BCUT2D eigenvalue weighted by Gasteiger charge is 2.62. The number of allylic oxidation sites excluding steroid dienone is 3. The van der Waals surface area contributed by atoms with Crippen LogP contribution in [-0.2, 0) is 14.4 Å². The Labute approximate surface area is 404 Å². The molecule has 6 N–H and O–H groups in total. The summed E-state index contributed by atoms with van der Waals surface area (Å²) in [6.07, 6.45) is 43.4. The molecule has 0 heterocycles. The van der Waals surface area contributed by atoms with E-state index in [-0.39, 0.29) is 37.6 Å². The number of carbonyl (C=O) groups excluding carboxylic acids is 3. The Morgan fingerprint density at radius 3 is 0.939 bits per heavy atom. The highest BCUT2D eigenvalue weighted by molar-refractivity contribution is 6.16. The van der Waals surface area contributed by atoms with Crippen molar-refractivity contribution < 1.29 is 45.0 Å². The van der Waals surface area contributed by atoms with E-state index in [2.05, 4.69) is 57.2 Å². The SMILES string of the molecule is CCCCC/C=C\CC(O)CCCCCCCCC(=O)C(O)(CO)C(O)(C(=O)CCCCCCCCC(O)C/C=C\CCCCC)C(=O)CCCCCCCCC(O)C/C=C\CCCCC. The molecule has 0 amide bonds. The normalized spacial score (nSPS) is 15.4. The lowest BCUT2D eigenvalue weighted by molar-refractivity contribution is -0.194. The number of Topliss-reactive ketones (excluding diaryl/α,β-unsaturated/α-hetero) is 3. The molecule has 0 rings (SSSR count). The van der Waals surface area contributed by atoms with Gasteiger partial charge in [-0.05, 0) is 96.3 Å². The van der Waals surface area contributed by atoms with Gasteiger partial charge in [0.2, 0.25) is 5.60 Å². The van der Waals surface area contributed by atoms with Crippen LogP contribution in [0.15, 0.2) is 36.5 Å². The Morgan fingerprint density at radius 1 is 0.379 bits per heavy atom. The number of carbonyl (C=O) groups is 3. The van der Waals surface area contributed by atoms with Gasteiger partial charge in [-0.1, -0.05) is 192 Å². The molecule has 9 nitrogen and oxygen atoms in total. The maximum Gasteiger partial charge on any atom is 0.219 e. The molecule has 0 aliphatic heterocycles. The van der Waals surface area contributed by atoms with Crippen molar-refractivity contribution in [2.24, 2.45) is 0 Å². The quantitative estimate of drug-likeness (QED) is 0.0197. The first-order chi connectivity index (χ1) is 31.9. The number of unbranched alkanes of at least 4 members (excludes halogenated alkanes) is 24. The molecule has 9 heteroatoms. The van der Waals surface area contributed by atoms with Crippen molar-refractivity contribution in [2.45, 2.75) is 301 Å². The molecule has 0 spiro atoms. The van der Waals surface area contributed by atoms with Crippen molar-refractivity contribution in [2.75, 3.05) is 6.61 Å². The van der Waals surface area contributed by atoms with E-state index >= 15 is 0 Å². The maximum absolute atomic E-state index is 13.8. The number of ketones is 3. The van der Waals surface area contributed by atoms with Crippen molar-refractivity contribution in [1.29, 1.82) is 0 Å².